The summed E-state index contributed by atoms with van der Waals surface area (Å²) in [5.41, 5.74) is 1.04. The van der Waals surface area contributed by atoms with E-state index in [0.29, 0.717) is 18.8 Å². The van der Waals surface area contributed by atoms with Gasteiger partial charge in [0.1, 0.15) is 12.4 Å². The smallest absolute Gasteiger partial charge is 0.119 e. The summed E-state index contributed by atoms with van der Waals surface area (Å²) in [4.78, 5) is 0. The van der Waals surface area contributed by atoms with Crippen molar-refractivity contribution < 1.29 is 9.47 Å². The van der Waals surface area contributed by atoms with Crippen LogP contribution in [-0.4, -0.2) is 31.9 Å². The quantitative estimate of drug-likeness (QED) is 0.814. The molecule has 1 aliphatic heterocycles. The number of nitrogens with one attached hydrogen (secondary N) is 1. The molecule has 0 aliphatic carbocycles. The van der Waals surface area contributed by atoms with Crippen LogP contribution in [0, 0.1) is 6.92 Å². The molecule has 1 heterocycles. The van der Waals surface area contributed by atoms with E-state index in [4.69, 9.17) is 21.1 Å². The molecule has 2 rings (SSSR count). The SMILES string of the molecule is Cc1cc(OCCNC(C)C2CCCO2)ccc1Cl. The van der Waals surface area contributed by atoms with E-state index < -0.39 is 0 Å². The Hall–Kier alpha value is -0.770. The Kier molecular flexibility index (Phi) is 5.49. The average Bonchev–Trinajstić information content (AvgIpc) is 2.92. The molecule has 19 heavy (non-hydrogen) atoms. The first-order valence-corrected chi connectivity index (χ1v) is 7.28. The molecule has 1 aromatic rings. The maximum Gasteiger partial charge on any atom is 0.119 e. The van der Waals surface area contributed by atoms with Crippen LogP contribution < -0.4 is 10.1 Å². The lowest BCUT2D eigenvalue weighted by Gasteiger charge is -2.20. The maximum absolute atomic E-state index is 5.97. The second-order valence-electron chi connectivity index (χ2n) is 5.05. The van der Waals surface area contributed by atoms with Crippen molar-refractivity contribution in [3.05, 3.63) is 28.8 Å². The van der Waals surface area contributed by atoms with E-state index in [1.54, 1.807) is 0 Å². The van der Waals surface area contributed by atoms with Gasteiger partial charge in [0, 0.05) is 24.2 Å². The number of ether oxygens (including phenoxy) is 2. The lowest BCUT2D eigenvalue weighted by atomic mass is 10.1. The van der Waals surface area contributed by atoms with E-state index >= 15 is 0 Å². The average molecular weight is 284 g/mol. The predicted molar refractivity (Wildman–Crippen MR) is 78.1 cm³/mol. The standard InChI is InChI=1S/C15H22ClNO2/c1-11-10-13(5-6-14(11)16)18-9-7-17-12(2)15-4-3-8-19-15/h5-6,10,12,15,17H,3-4,7-9H2,1-2H3. The molecule has 0 bridgehead atoms. The molecule has 3 nitrogen and oxygen atoms in total. The van der Waals surface area contributed by atoms with Crippen LogP contribution >= 0.6 is 11.6 Å². The van der Waals surface area contributed by atoms with Gasteiger partial charge in [0.25, 0.3) is 0 Å². The summed E-state index contributed by atoms with van der Waals surface area (Å²) in [6, 6.07) is 6.12. The Balaban J connectivity index is 1.67. The van der Waals surface area contributed by atoms with Crippen molar-refractivity contribution in [1.29, 1.82) is 0 Å². The maximum atomic E-state index is 5.97. The molecular formula is C15H22ClNO2. The van der Waals surface area contributed by atoms with Gasteiger partial charge in [0.15, 0.2) is 0 Å². The first kappa shape index (κ1) is 14.6. The minimum Gasteiger partial charge on any atom is -0.492 e. The van der Waals surface area contributed by atoms with E-state index in [1.807, 2.05) is 25.1 Å². The van der Waals surface area contributed by atoms with Crippen molar-refractivity contribution in [2.45, 2.75) is 38.8 Å². The topological polar surface area (TPSA) is 30.5 Å². The molecule has 2 unspecified atom stereocenters. The van der Waals surface area contributed by atoms with Crippen molar-refractivity contribution in [3.63, 3.8) is 0 Å². The van der Waals surface area contributed by atoms with Crippen LogP contribution in [0.25, 0.3) is 0 Å². The highest BCUT2D eigenvalue weighted by Gasteiger charge is 2.21. The van der Waals surface area contributed by atoms with Crippen LogP contribution in [0.3, 0.4) is 0 Å². The molecule has 2 atom stereocenters. The lowest BCUT2D eigenvalue weighted by Crippen LogP contribution is -2.39. The van der Waals surface area contributed by atoms with Crippen molar-refractivity contribution in [3.8, 4) is 5.75 Å². The molecule has 1 aliphatic rings. The van der Waals surface area contributed by atoms with Crippen LogP contribution in [0.4, 0.5) is 0 Å². The molecule has 1 N–H and O–H groups in total. The van der Waals surface area contributed by atoms with Crippen molar-refractivity contribution in [2.75, 3.05) is 19.8 Å². The fourth-order valence-electron chi connectivity index (χ4n) is 2.29. The molecule has 0 amide bonds. The summed E-state index contributed by atoms with van der Waals surface area (Å²) in [7, 11) is 0. The van der Waals surface area contributed by atoms with Gasteiger partial charge in [-0.2, -0.15) is 0 Å². The van der Waals surface area contributed by atoms with Crippen LogP contribution in [0.15, 0.2) is 18.2 Å². The zero-order valence-corrected chi connectivity index (χ0v) is 12.4. The van der Waals surface area contributed by atoms with Gasteiger partial charge in [-0.15, -0.1) is 0 Å². The van der Waals surface area contributed by atoms with Gasteiger partial charge in [0.05, 0.1) is 6.10 Å². The molecule has 1 fully saturated rings. The van der Waals surface area contributed by atoms with Gasteiger partial charge in [0.2, 0.25) is 0 Å². The molecule has 0 saturated carbocycles. The van der Waals surface area contributed by atoms with Crippen molar-refractivity contribution >= 4 is 11.6 Å². The van der Waals surface area contributed by atoms with Crippen molar-refractivity contribution in [2.24, 2.45) is 0 Å². The molecular weight excluding hydrogens is 262 g/mol. The van der Waals surface area contributed by atoms with Crippen LogP contribution in [0.1, 0.15) is 25.3 Å². The highest BCUT2D eigenvalue weighted by molar-refractivity contribution is 6.31. The zero-order valence-electron chi connectivity index (χ0n) is 11.6. The zero-order chi connectivity index (χ0) is 13.7. The lowest BCUT2D eigenvalue weighted by molar-refractivity contribution is 0.0824. The highest BCUT2D eigenvalue weighted by Crippen LogP contribution is 2.21. The fourth-order valence-corrected chi connectivity index (χ4v) is 2.41. The summed E-state index contributed by atoms with van der Waals surface area (Å²) in [5.74, 6) is 0.869. The third kappa shape index (κ3) is 4.37. The Morgan fingerprint density at radius 2 is 2.37 bits per heavy atom. The summed E-state index contributed by atoms with van der Waals surface area (Å²) >= 11 is 5.97. The van der Waals surface area contributed by atoms with E-state index in [9.17, 15) is 0 Å². The second kappa shape index (κ2) is 7.13. The Labute approximate surface area is 120 Å². The molecule has 1 saturated heterocycles. The van der Waals surface area contributed by atoms with Gasteiger partial charge in [-0.25, -0.2) is 0 Å². The van der Waals surface area contributed by atoms with Gasteiger partial charge in [-0.3, -0.25) is 0 Å². The summed E-state index contributed by atoms with van der Waals surface area (Å²) < 4.78 is 11.3. The normalized spacial score (nSPS) is 20.5. The number of rotatable bonds is 6. The van der Waals surface area contributed by atoms with Gasteiger partial charge < -0.3 is 14.8 Å². The number of halogens is 1. The van der Waals surface area contributed by atoms with Crippen LogP contribution in [0.5, 0.6) is 5.75 Å². The van der Waals surface area contributed by atoms with Gasteiger partial charge in [-0.05, 0) is 50.5 Å². The largest absolute Gasteiger partial charge is 0.492 e. The minimum atomic E-state index is 0.359. The number of benzene rings is 1. The Morgan fingerprint density at radius 1 is 1.53 bits per heavy atom. The van der Waals surface area contributed by atoms with E-state index in [0.717, 1.165) is 35.9 Å². The third-order valence-corrected chi connectivity index (χ3v) is 3.91. The predicted octanol–water partition coefficient (Wildman–Crippen LogP) is 3.18. The second-order valence-corrected chi connectivity index (χ2v) is 5.46. The van der Waals surface area contributed by atoms with E-state index in [2.05, 4.69) is 12.2 Å². The number of hydrogen-bond acceptors (Lipinski definition) is 3. The molecule has 1 aromatic carbocycles. The summed E-state index contributed by atoms with van der Waals surface area (Å²) in [5, 5.41) is 4.22. The first-order valence-electron chi connectivity index (χ1n) is 6.91. The number of hydrogen-bond donors (Lipinski definition) is 1. The Bertz CT molecular complexity index is 405. The minimum absolute atomic E-state index is 0.359. The highest BCUT2D eigenvalue weighted by atomic mass is 35.5. The first-order chi connectivity index (χ1) is 9.16. The monoisotopic (exact) mass is 283 g/mol. The van der Waals surface area contributed by atoms with Crippen molar-refractivity contribution in [1.82, 2.24) is 5.32 Å². The molecule has 106 valence electrons. The summed E-state index contributed by atoms with van der Waals surface area (Å²) in [6.07, 6.45) is 2.70. The molecule has 0 spiro atoms. The molecule has 0 aromatic heterocycles. The Morgan fingerprint density at radius 3 is 3.05 bits per heavy atom. The van der Waals surface area contributed by atoms with Gasteiger partial charge in [-0.1, -0.05) is 11.6 Å². The van der Waals surface area contributed by atoms with Gasteiger partial charge >= 0.3 is 0 Å². The summed E-state index contributed by atoms with van der Waals surface area (Å²) in [6.45, 7) is 6.52. The van der Waals surface area contributed by atoms with Crippen LogP contribution in [0.2, 0.25) is 5.02 Å². The van der Waals surface area contributed by atoms with Crippen LogP contribution in [-0.2, 0) is 4.74 Å². The molecule has 4 heteroatoms. The molecule has 0 radical (unpaired) electrons. The van der Waals surface area contributed by atoms with E-state index in [1.165, 1.54) is 6.42 Å². The third-order valence-electron chi connectivity index (χ3n) is 3.49. The fraction of sp³-hybridized carbons (Fsp3) is 0.600. The number of aryl methyl sites for hydroxylation is 1. The van der Waals surface area contributed by atoms with E-state index in [-0.39, 0.29) is 0 Å².